The number of aromatic nitrogens is 3. The number of nitrogens with zero attached hydrogens (tertiary/aromatic N) is 3. The number of halogens is 1. The van der Waals surface area contributed by atoms with E-state index >= 15 is 0 Å². The van der Waals surface area contributed by atoms with Gasteiger partial charge in [-0.25, -0.2) is 9.50 Å². The lowest BCUT2D eigenvalue weighted by Gasteiger charge is -2.16. The summed E-state index contributed by atoms with van der Waals surface area (Å²) in [6.45, 7) is 2.12. The normalized spacial score (nSPS) is 15.4. The molecule has 0 saturated heterocycles. The third-order valence-electron chi connectivity index (χ3n) is 3.31. The molecule has 0 spiro atoms. The fourth-order valence-corrected chi connectivity index (χ4v) is 2.71. The third kappa shape index (κ3) is 1.34. The highest BCUT2D eigenvalue weighted by molar-refractivity contribution is 6.30. The van der Waals surface area contributed by atoms with Gasteiger partial charge in [-0.1, -0.05) is 18.5 Å². The van der Waals surface area contributed by atoms with Crippen molar-refractivity contribution < 1.29 is 0 Å². The molecule has 0 saturated carbocycles. The largest absolute Gasteiger partial charge is 0.233 e. The average molecular weight is 236 g/mol. The molecule has 84 valence electrons. The van der Waals surface area contributed by atoms with Crippen LogP contribution in [0.25, 0.3) is 5.65 Å². The van der Waals surface area contributed by atoms with Crippen LogP contribution in [0.1, 0.15) is 36.6 Å². The van der Waals surface area contributed by atoms with Crippen molar-refractivity contribution in [2.75, 3.05) is 0 Å². The summed E-state index contributed by atoms with van der Waals surface area (Å²) in [7, 11) is 0. The summed E-state index contributed by atoms with van der Waals surface area (Å²) in [5.74, 6) is 0. The quantitative estimate of drug-likeness (QED) is 0.712. The van der Waals surface area contributed by atoms with Crippen molar-refractivity contribution in [2.45, 2.75) is 39.0 Å². The Labute approximate surface area is 99.4 Å². The lowest BCUT2D eigenvalue weighted by molar-refractivity contribution is 0.660. The zero-order valence-corrected chi connectivity index (χ0v) is 10.1. The number of aryl methyl sites for hydroxylation is 2. The van der Waals surface area contributed by atoms with Crippen LogP contribution < -0.4 is 0 Å². The van der Waals surface area contributed by atoms with Crippen LogP contribution in [0.5, 0.6) is 0 Å². The van der Waals surface area contributed by atoms with E-state index in [1.165, 1.54) is 29.7 Å². The van der Waals surface area contributed by atoms with Gasteiger partial charge < -0.3 is 0 Å². The van der Waals surface area contributed by atoms with Crippen molar-refractivity contribution >= 4 is 17.2 Å². The van der Waals surface area contributed by atoms with Gasteiger partial charge in [-0.05, 0) is 32.1 Å². The van der Waals surface area contributed by atoms with Crippen LogP contribution in [-0.4, -0.2) is 14.6 Å². The minimum Gasteiger partial charge on any atom is -0.233 e. The Kier molecular flexibility index (Phi) is 2.36. The van der Waals surface area contributed by atoms with Crippen LogP contribution in [0.2, 0.25) is 5.15 Å². The number of hydrogen-bond donors (Lipinski definition) is 0. The molecular formula is C12H14ClN3. The van der Waals surface area contributed by atoms with Crippen molar-refractivity contribution in [1.82, 2.24) is 14.6 Å². The second-order valence-corrected chi connectivity index (χ2v) is 4.65. The SMILES string of the molecule is CCc1cnn2c(Cl)c3c(nc12)CCCC3. The standard InChI is InChI=1S/C12H14ClN3/c1-2-8-7-14-16-11(13)9-5-3-4-6-10(9)15-12(8)16/h7H,2-6H2,1H3. The van der Waals surface area contributed by atoms with Crippen LogP contribution in [-0.2, 0) is 19.3 Å². The van der Waals surface area contributed by atoms with Crippen LogP contribution in [0.3, 0.4) is 0 Å². The molecule has 0 bridgehead atoms. The van der Waals surface area contributed by atoms with Gasteiger partial charge in [-0.3, -0.25) is 0 Å². The predicted molar refractivity (Wildman–Crippen MR) is 64.0 cm³/mol. The Hall–Kier alpha value is -1.09. The minimum absolute atomic E-state index is 0.763. The van der Waals surface area contributed by atoms with E-state index in [4.69, 9.17) is 16.6 Å². The molecule has 3 rings (SSSR count). The molecule has 1 aliphatic rings. The van der Waals surface area contributed by atoms with Crippen molar-refractivity contribution in [3.8, 4) is 0 Å². The molecule has 2 heterocycles. The van der Waals surface area contributed by atoms with Crippen molar-refractivity contribution in [2.24, 2.45) is 0 Å². The van der Waals surface area contributed by atoms with Crippen LogP contribution >= 0.6 is 11.6 Å². The maximum atomic E-state index is 6.39. The Morgan fingerprint density at radius 2 is 2.19 bits per heavy atom. The van der Waals surface area contributed by atoms with E-state index < -0.39 is 0 Å². The van der Waals surface area contributed by atoms with E-state index in [1.807, 2.05) is 6.20 Å². The maximum Gasteiger partial charge on any atom is 0.160 e. The van der Waals surface area contributed by atoms with Gasteiger partial charge in [-0.15, -0.1) is 0 Å². The first-order valence-corrected chi connectivity index (χ1v) is 6.23. The van der Waals surface area contributed by atoms with Crippen LogP contribution in [0, 0.1) is 0 Å². The second kappa shape index (κ2) is 3.74. The summed E-state index contributed by atoms with van der Waals surface area (Å²) < 4.78 is 1.78. The van der Waals surface area contributed by atoms with Gasteiger partial charge in [0.1, 0.15) is 5.15 Å². The highest BCUT2D eigenvalue weighted by Gasteiger charge is 2.18. The van der Waals surface area contributed by atoms with E-state index in [2.05, 4.69) is 12.0 Å². The molecule has 2 aromatic heterocycles. The molecule has 1 aliphatic carbocycles. The predicted octanol–water partition coefficient (Wildman–Crippen LogP) is 2.82. The molecule has 0 aliphatic heterocycles. The van der Waals surface area contributed by atoms with Crippen molar-refractivity contribution in [3.05, 3.63) is 28.2 Å². The van der Waals surface area contributed by atoms with Crippen LogP contribution in [0.4, 0.5) is 0 Å². The smallest absolute Gasteiger partial charge is 0.160 e. The molecule has 0 aromatic carbocycles. The van der Waals surface area contributed by atoms with E-state index in [0.717, 1.165) is 30.1 Å². The topological polar surface area (TPSA) is 30.2 Å². The molecule has 0 atom stereocenters. The highest BCUT2D eigenvalue weighted by Crippen LogP contribution is 2.28. The molecule has 0 fully saturated rings. The molecule has 0 unspecified atom stereocenters. The molecular weight excluding hydrogens is 222 g/mol. The van der Waals surface area contributed by atoms with Gasteiger partial charge >= 0.3 is 0 Å². The Morgan fingerprint density at radius 1 is 1.38 bits per heavy atom. The third-order valence-corrected chi connectivity index (χ3v) is 3.70. The first-order chi connectivity index (χ1) is 7.81. The first-order valence-electron chi connectivity index (χ1n) is 5.85. The molecule has 0 radical (unpaired) electrons. The zero-order valence-electron chi connectivity index (χ0n) is 9.33. The lowest BCUT2D eigenvalue weighted by atomic mass is 9.97. The summed E-state index contributed by atoms with van der Waals surface area (Å²) in [5, 5.41) is 5.08. The Bertz CT molecular complexity index is 545. The fraction of sp³-hybridized carbons (Fsp3) is 0.500. The molecule has 0 amide bonds. The van der Waals surface area contributed by atoms with E-state index in [9.17, 15) is 0 Å². The van der Waals surface area contributed by atoms with E-state index in [-0.39, 0.29) is 0 Å². The van der Waals surface area contributed by atoms with Gasteiger partial charge in [-0.2, -0.15) is 5.10 Å². The van der Waals surface area contributed by atoms with Gasteiger partial charge in [0.25, 0.3) is 0 Å². The minimum atomic E-state index is 0.763. The molecule has 3 nitrogen and oxygen atoms in total. The number of fused-ring (bicyclic) bond motifs is 2. The molecule has 0 N–H and O–H groups in total. The summed E-state index contributed by atoms with van der Waals surface area (Å²) in [6.07, 6.45) is 7.35. The number of hydrogen-bond acceptors (Lipinski definition) is 2. The second-order valence-electron chi connectivity index (χ2n) is 4.29. The molecule has 4 heteroatoms. The summed E-state index contributed by atoms with van der Waals surface area (Å²) >= 11 is 6.39. The average Bonchev–Trinajstić information content (AvgIpc) is 2.72. The lowest BCUT2D eigenvalue weighted by Crippen LogP contribution is -2.10. The fourth-order valence-electron chi connectivity index (χ4n) is 2.38. The van der Waals surface area contributed by atoms with Crippen LogP contribution in [0.15, 0.2) is 6.20 Å². The first kappa shape index (κ1) is 10.1. The van der Waals surface area contributed by atoms with Crippen molar-refractivity contribution in [1.29, 1.82) is 0 Å². The number of rotatable bonds is 1. The maximum absolute atomic E-state index is 6.39. The zero-order chi connectivity index (χ0) is 11.1. The van der Waals surface area contributed by atoms with Gasteiger partial charge in [0.15, 0.2) is 5.65 Å². The molecule has 16 heavy (non-hydrogen) atoms. The van der Waals surface area contributed by atoms with Gasteiger partial charge in [0, 0.05) is 16.8 Å². The monoisotopic (exact) mass is 235 g/mol. The van der Waals surface area contributed by atoms with Crippen molar-refractivity contribution in [3.63, 3.8) is 0 Å². The summed E-state index contributed by atoms with van der Waals surface area (Å²) in [6, 6.07) is 0. The Morgan fingerprint density at radius 3 is 3.00 bits per heavy atom. The molecule has 2 aromatic rings. The summed E-state index contributed by atoms with van der Waals surface area (Å²) in [5.41, 5.74) is 4.49. The Balaban J connectivity index is 2.32. The van der Waals surface area contributed by atoms with E-state index in [1.54, 1.807) is 4.52 Å². The van der Waals surface area contributed by atoms with Gasteiger partial charge in [0.05, 0.1) is 6.20 Å². The van der Waals surface area contributed by atoms with Gasteiger partial charge in [0.2, 0.25) is 0 Å². The van der Waals surface area contributed by atoms with E-state index in [0.29, 0.717) is 0 Å². The summed E-state index contributed by atoms with van der Waals surface area (Å²) in [4.78, 5) is 4.72. The highest BCUT2D eigenvalue weighted by atomic mass is 35.5.